The minimum absolute atomic E-state index is 0.201. The van der Waals surface area contributed by atoms with Crippen molar-refractivity contribution in [2.75, 3.05) is 5.32 Å². The van der Waals surface area contributed by atoms with E-state index in [9.17, 15) is 9.18 Å². The van der Waals surface area contributed by atoms with Gasteiger partial charge >= 0.3 is 0 Å². The van der Waals surface area contributed by atoms with Crippen molar-refractivity contribution >= 4 is 22.4 Å². The topological polar surface area (TPSA) is 42.0 Å². The van der Waals surface area contributed by atoms with E-state index in [1.807, 2.05) is 6.07 Å². The van der Waals surface area contributed by atoms with Crippen LogP contribution in [0, 0.1) is 5.82 Å². The van der Waals surface area contributed by atoms with Crippen molar-refractivity contribution in [2.24, 2.45) is 0 Å². The first-order valence-corrected chi connectivity index (χ1v) is 7.58. The number of benzene rings is 2. The molecular formula is C17H13FN2OS. The fraction of sp³-hybridized carbons (Fsp3) is 0.0588. The zero-order valence-corrected chi connectivity index (χ0v) is 12.4. The maximum Gasteiger partial charge on any atom is 0.257 e. The van der Waals surface area contributed by atoms with Gasteiger partial charge in [0.25, 0.3) is 5.91 Å². The highest BCUT2D eigenvalue weighted by Gasteiger charge is 2.10. The number of carbonyl (C=O) groups is 1. The van der Waals surface area contributed by atoms with E-state index in [1.165, 1.54) is 17.4 Å². The summed E-state index contributed by atoms with van der Waals surface area (Å²) in [6.45, 7) is 0. The number of halogens is 1. The first-order valence-electron chi connectivity index (χ1n) is 6.77. The first-order chi connectivity index (χ1) is 10.7. The Bertz CT molecular complexity index is 786. The van der Waals surface area contributed by atoms with Gasteiger partial charge in [-0.05, 0) is 23.8 Å². The molecule has 0 aliphatic heterocycles. The van der Waals surface area contributed by atoms with Gasteiger partial charge in [-0.2, -0.15) is 0 Å². The van der Waals surface area contributed by atoms with Crippen LogP contribution in [0.3, 0.4) is 0 Å². The quantitative estimate of drug-likeness (QED) is 0.787. The van der Waals surface area contributed by atoms with Crippen LogP contribution in [0.25, 0.3) is 0 Å². The van der Waals surface area contributed by atoms with Crippen molar-refractivity contribution in [1.82, 2.24) is 4.98 Å². The molecule has 0 fully saturated rings. The second-order valence-electron chi connectivity index (χ2n) is 4.72. The molecule has 0 aliphatic carbocycles. The lowest BCUT2D eigenvalue weighted by Crippen LogP contribution is -2.11. The van der Waals surface area contributed by atoms with Crippen LogP contribution < -0.4 is 5.32 Å². The lowest BCUT2D eigenvalue weighted by molar-refractivity contribution is 0.102. The summed E-state index contributed by atoms with van der Waals surface area (Å²) in [5, 5.41) is 3.27. The minimum Gasteiger partial charge on any atom is -0.298 e. The van der Waals surface area contributed by atoms with Gasteiger partial charge in [0.1, 0.15) is 5.82 Å². The van der Waals surface area contributed by atoms with E-state index in [0.717, 1.165) is 4.88 Å². The fourth-order valence-corrected chi connectivity index (χ4v) is 2.87. The van der Waals surface area contributed by atoms with E-state index in [1.54, 1.807) is 48.7 Å². The smallest absolute Gasteiger partial charge is 0.257 e. The summed E-state index contributed by atoms with van der Waals surface area (Å²) in [5.74, 6) is -0.432. The number of nitrogens with zero attached hydrogens (tertiary/aromatic N) is 1. The average molecular weight is 312 g/mol. The molecule has 3 nitrogen and oxygen atoms in total. The molecule has 0 radical (unpaired) electrons. The summed E-state index contributed by atoms with van der Waals surface area (Å²) in [4.78, 5) is 17.1. The predicted octanol–water partition coefficient (Wildman–Crippen LogP) is 4.13. The highest BCUT2D eigenvalue weighted by molar-refractivity contribution is 7.15. The normalized spacial score (nSPS) is 10.4. The molecule has 0 aliphatic rings. The van der Waals surface area contributed by atoms with Crippen LogP contribution >= 0.6 is 11.3 Å². The molecule has 3 aromatic rings. The molecular weight excluding hydrogens is 299 g/mol. The largest absolute Gasteiger partial charge is 0.298 e. The Kier molecular flexibility index (Phi) is 4.25. The van der Waals surface area contributed by atoms with Crippen LogP contribution in [-0.2, 0) is 6.42 Å². The molecule has 5 heteroatoms. The van der Waals surface area contributed by atoms with Crippen molar-refractivity contribution in [1.29, 1.82) is 0 Å². The van der Waals surface area contributed by atoms with Crippen molar-refractivity contribution in [2.45, 2.75) is 6.42 Å². The van der Waals surface area contributed by atoms with Crippen LogP contribution in [-0.4, -0.2) is 10.9 Å². The highest BCUT2D eigenvalue weighted by atomic mass is 32.1. The van der Waals surface area contributed by atoms with E-state index in [2.05, 4.69) is 10.3 Å². The third-order valence-electron chi connectivity index (χ3n) is 3.13. The molecule has 0 bridgehead atoms. The molecule has 0 saturated carbocycles. The van der Waals surface area contributed by atoms with Crippen LogP contribution in [0.4, 0.5) is 9.52 Å². The number of hydrogen-bond acceptors (Lipinski definition) is 3. The number of amides is 1. The van der Waals surface area contributed by atoms with Gasteiger partial charge in [-0.25, -0.2) is 9.37 Å². The Morgan fingerprint density at radius 2 is 1.82 bits per heavy atom. The molecule has 110 valence electrons. The Morgan fingerprint density at radius 1 is 1.09 bits per heavy atom. The number of nitrogens with one attached hydrogen (secondary N) is 1. The van der Waals surface area contributed by atoms with Gasteiger partial charge in [-0.1, -0.05) is 36.4 Å². The van der Waals surface area contributed by atoms with E-state index in [0.29, 0.717) is 22.7 Å². The number of rotatable bonds is 4. The van der Waals surface area contributed by atoms with Gasteiger partial charge in [-0.15, -0.1) is 11.3 Å². The summed E-state index contributed by atoms with van der Waals surface area (Å²) in [7, 11) is 0. The van der Waals surface area contributed by atoms with E-state index >= 15 is 0 Å². The zero-order chi connectivity index (χ0) is 15.4. The van der Waals surface area contributed by atoms with Gasteiger partial charge in [0, 0.05) is 23.1 Å². The third-order valence-corrected chi connectivity index (χ3v) is 4.05. The third kappa shape index (κ3) is 3.38. The first kappa shape index (κ1) is 14.4. The van der Waals surface area contributed by atoms with Crippen molar-refractivity contribution in [3.05, 3.63) is 82.6 Å². The Morgan fingerprint density at radius 3 is 2.59 bits per heavy atom. The lowest BCUT2D eigenvalue weighted by atomic mass is 10.1. The second kappa shape index (κ2) is 6.49. The number of thiazole rings is 1. The Hall–Kier alpha value is -2.53. The van der Waals surface area contributed by atoms with Gasteiger partial charge in [0.15, 0.2) is 5.13 Å². The van der Waals surface area contributed by atoms with E-state index in [4.69, 9.17) is 0 Å². The molecule has 22 heavy (non-hydrogen) atoms. The van der Waals surface area contributed by atoms with E-state index in [-0.39, 0.29) is 11.7 Å². The van der Waals surface area contributed by atoms with Crippen LogP contribution in [0.15, 0.2) is 60.8 Å². The number of carbonyl (C=O) groups excluding carboxylic acids is 1. The lowest BCUT2D eigenvalue weighted by Gasteiger charge is -2.01. The standard InChI is InChI=1S/C17H13FN2OS/c18-15-9-5-4-8-13(15)10-14-11-19-17(22-14)20-16(21)12-6-2-1-3-7-12/h1-9,11H,10H2,(H,19,20,21). The summed E-state index contributed by atoms with van der Waals surface area (Å²) >= 11 is 1.35. The summed E-state index contributed by atoms with van der Waals surface area (Å²) in [6, 6.07) is 15.6. The van der Waals surface area contributed by atoms with Crippen molar-refractivity contribution in [3.8, 4) is 0 Å². The summed E-state index contributed by atoms with van der Waals surface area (Å²) in [5.41, 5.74) is 1.19. The van der Waals surface area contributed by atoms with E-state index < -0.39 is 0 Å². The molecule has 3 rings (SSSR count). The molecule has 0 saturated heterocycles. The van der Waals surface area contributed by atoms with Crippen LogP contribution in [0.5, 0.6) is 0 Å². The summed E-state index contributed by atoms with van der Waals surface area (Å²) in [6.07, 6.45) is 2.13. The predicted molar refractivity (Wildman–Crippen MR) is 85.7 cm³/mol. The number of hydrogen-bond donors (Lipinski definition) is 1. The highest BCUT2D eigenvalue weighted by Crippen LogP contribution is 2.22. The number of anilines is 1. The van der Waals surface area contributed by atoms with Crippen LogP contribution in [0.2, 0.25) is 0 Å². The molecule has 1 amide bonds. The van der Waals surface area contributed by atoms with Crippen molar-refractivity contribution < 1.29 is 9.18 Å². The molecule has 0 atom stereocenters. The van der Waals surface area contributed by atoms with Gasteiger partial charge in [0.2, 0.25) is 0 Å². The summed E-state index contributed by atoms with van der Waals surface area (Å²) < 4.78 is 13.6. The average Bonchev–Trinajstić information content (AvgIpc) is 2.97. The minimum atomic E-state index is -0.231. The maximum absolute atomic E-state index is 13.6. The van der Waals surface area contributed by atoms with Crippen molar-refractivity contribution in [3.63, 3.8) is 0 Å². The van der Waals surface area contributed by atoms with Gasteiger partial charge in [0.05, 0.1) is 0 Å². The molecule has 0 unspecified atom stereocenters. The Balaban J connectivity index is 1.69. The zero-order valence-electron chi connectivity index (χ0n) is 11.6. The molecule has 1 heterocycles. The molecule has 2 aromatic carbocycles. The van der Waals surface area contributed by atoms with Gasteiger partial charge in [-0.3, -0.25) is 10.1 Å². The van der Waals surface area contributed by atoms with Crippen LogP contribution in [0.1, 0.15) is 20.8 Å². The molecule has 1 N–H and O–H groups in total. The van der Waals surface area contributed by atoms with Gasteiger partial charge < -0.3 is 0 Å². The maximum atomic E-state index is 13.6. The molecule has 0 spiro atoms. The Labute approximate surface area is 131 Å². The fourth-order valence-electron chi connectivity index (χ4n) is 2.04. The SMILES string of the molecule is O=C(Nc1ncc(Cc2ccccc2F)s1)c1ccccc1. The monoisotopic (exact) mass is 312 g/mol. The molecule has 1 aromatic heterocycles. The number of aromatic nitrogens is 1. The second-order valence-corrected chi connectivity index (χ2v) is 5.84.